The molecule has 0 aliphatic carbocycles. The van der Waals surface area contributed by atoms with Crippen LogP contribution in [0.2, 0.25) is 0 Å². The summed E-state index contributed by atoms with van der Waals surface area (Å²) in [5, 5.41) is 5.67. The molecule has 0 unspecified atom stereocenters. The summed E-state index contributed by atoms with van der Waals surface area (Å²) >= 11 is 3.36. The Balaban J connectivity index is 1.66. The Labute approximate surface area is 139 Å². The molecular weight excluding hydrogens is 342 g/mol. The Kier molecular flexibility index (Phi) is 6.27. The molecule has 0 spiro atoms. The number of carbonyl (C=O) groups excluding carboxylic acids is 1. The number of benzene rings is 2. The first kappa shape index (κ1) is 16.4. The zero-order chi connectivity index (χ0) is 15.8. The maximum absolute atomic E-state index is 11.8. The molecule has 116 valence electrons. The predicted molar refractivity (Wildman–Crippen MR) is 95.5 cm³/mol. The highest BCUT2D eigenvalue weighted by molar-refractivity contribution is 9.10. The fourth-order valence-corrected chi connectivity index (χ4v) is 2.30. The van der Waals surface area contributed by atoms with E-state index < -0.39 is 0 Å². The maximum Gasteiger partial charge on any atom is 0.319 e. The van der Waals surface area contributed by atoms with Crippen LogP contribution in [0.3, 0.4) is 0 Å². The normalized spacial score (nSPS) is 10.1. The van der Waals surface area contributed by atoms with Crippen molar-refractivity contribution in [3.63, 3.8) is 0 Å². The molecule has 0 aliphatic rings. The Morgan fingerprint density at radius 1 is 1.09 bits per heavy atom. The van der Waals surface area contributed by atoms with Gasteiger partial charge in [-0.25, -0.2) is 4.79 Å². The number of carbonyl (C=O) groups is 1. The molecule has 0 heterocycles. The summed E-state index contributed by atoms with van der Waals surface area (Å²) in [6.07, 6.45) is 0.888. The van der Waals surface area contributed by atoms with Gasteiger partial charge < -0.3 is 15.5 Å². The molecule has 4 nitrogen and oxygen atoms in total. The molecule has 2 rings (SSSR count). The number of halogens is 1. The van der Waals surface area contributed by atoms with Crippen molar-refractivity contribution in [1.82, 2.24) is 5.32 Å². The van der Waals surface area contributed by atoms with Crippen LogP contribution in [0.1, 0.15) is 6.42 Å². The lowest BCUT2D eigenvalue weighted by molar-refractivity contribution is 0.252. The molecule has 0 aliphatic heterocycles. The van der Waals surface area contributed by atoms with E-state index in [1.54, 1.807) is 0 Å². The first-order valence-electron chi connectivity index (χ1n) is 7.22. The van der Waals surface area contributed by atoms with Gasteiger partial charge in [0.15, 0.2) is 0 Å². The van der Waals surface area contributed by atoms with Crippen LogP contribution < -0.4 is 15.5 Å². The first-order chi connectivity index (χ1) is 10.6. The standard InChI is InChI=1S/C17H20BrN3O/c1-21(16-6-3-2-4-7-16)13-5-12-19-17(22)20-15-10-8-14(18)9-11-15/h2-4,6-11H,5,12-13H2,1H3,(H2,19,20,22). The van der Waals surface area contributed by atoms with Crippen LogP contribution in [0.5, 0.6) is 0 Å². The molecule has 2 aromatic rings. The number of hydrogen-bond donors (Lipinski definition) is 2. The molecule has 0 aromatic heterocycles. The summed E-state index contributed by atoms with van der Waals surface area (Å²) in [7, 11) is 2.05. The van der Waals surface area contributed by atoms with Crippen LogP contribution in [-0.2, 0) is 0 Å². The highest BCUT2D eigenvalue weighted by Crippen LogP contribution is 2.14. The molecule has 2 N–H and O–H groups in total. The summed E-state index contributed by atoms with van der Waals surface area (Å²) in [6, 6.07) is 17.5. The van der Waals surface area contributed by atoms with E-state index >= 15 is 0 Å². The third-order valence-electron chi connectivity index (χ3n) is 3.25. The van der Waals surface area contributed by atoms with Crippen molar-refractivity contribution >= 4 is 33.3 Å². The second-order valence-electron chi connectivity index (χ2n) is 5.00. The van der Waals surface area contributed by atoms with Crippen LogP contribution in [0.4, 0.5) is 16.2 Å². The molecule has 0 saturated heterocycles. The van der Waals surface area contributed by atoms with Gasteiger partial charge in [0.1, 0.15) is 0 Å². The fourth-order valence-electron chi connectivity index (χ4n) is 2.04. The molecular formula is C17H20BrN3O. The lowest BCUT2D eigenvalue weighted by Gasteiger charge is -2.19. The minimum Gasteiger partial charge on any atom is -0.375 e. The minimum absolute atomic E-state index is 0.176. The SMILES string of the molecule is CN(CCCNC(=O)Nc1ccc(Br)cc1)c1ccccc1. The van der Waals surface area contributed by atoms with E-state index in [4.69, 9.17) is 0 Å². The average molecular weight is 362 g/mol. The minimum atomic E-state index is -0.176. The van der Waals surface area contributed by atoms with E-state index in [9.17, 15) is 4.79 Å². The summed E-state index contributed by atoms with van der Waals surface area (Å²) in [4.78, 5) is 13.9. The highest BCUT2D eigenvalue weighted by atomic mass is 79.9. The van der Waals surface area contributed by atoms with E-state index in [1.807, 2.05) is 42.5 Å². The summed E-state index contributed by atoms with van der Waals surface area (Å²) in [6.45, 7) is 1.53. The second kappa shape index (κ2) is 8.44. The van der Waals surface area contributed by atoms with E-state index in [0.29, 0.717) is 6.54 Å². The number of nitrogens with zero attached hydrogens (tertiary/aromatic N) is 1. The first-order valence-corrected chi connectivity index (χ1v) is 8.01. The van der Waals surface area contributed by atoms with Crippen molar-refractivity contribution in [3.05, 3.63) is 59.1 Å². The van der Waals surface area contributed by atoms with Gasteiger partial charge in [0.05, 0.1) is 0 Å². The summed E-state index contributed by atoms with van der Waals surface area (Å²) in [5.41, 5.74) is 1.96. The van der Waals surface area contributed by atoms with Crippen molar-refractivity contribution in [3.8, 4) is 0 Å². The van der Waals surface area contributed by atoms with Crippen LogP contribution in [0.15, 0.2) is 59.1 Å². The van der Waals surface area contributed by atoms with Crippen molar-refractivity contribution in [2.45, 2.75) is 6.42 Å². The number of anilines is 2. The topological polar surface area (TPSA) is 44.4 Å². The lowest BCUT2D eigenvalue weighted by atomic mass is 10.3. The van der Waals surface area contributed by atoms with Gasteiger partial charge in [0, 0.05) is 36.0 Å². The quantitative estimate of drug-likeness (QED) is 0.760. The van der Waals surface area contributed by atoms with Gasteiger partial charge >= 0.3 is 6.03 Å². The average Bonchev–Trinajstić information content (AvgIpc) is 2.54. The smallest absolute Gasteiger partial charge is 0.319 e. The number of hydrogen-bond acceptors (Lipinski definition) is 2. The van der Waals surface area contributed by atoms with Crippen LogP contribution >= 0.6 is 15.9 Å². The predicted octanol–water partition coefficient (Wildman–Crippen LogP) is 4.10. The van der Waals surface area contributed by atoms with Crippen molar-refractivity contribution < 1.29 is 4.79 Å². The highest BCUT2D eigenvalue weighted by Gasteiger charge is 2.02. The van der Waals surface area contributed by atoms with Crippen molar-refractivity contribution in [1.29, 1.82) is 0 Å². The Hall–Kier alpha value is -2.01. The summed E-state index contributed by atoms with van der Waals surface area (Å²) in [5.74, 6) is 0. The van der Waals surface area contributed by atoms with Crippen molar-refractivity contribution in [2.24, 2.45) is 0 Å². The Morgan fingerprint density at radius 2 is 1.77 bits per heavy atom. The second-order valence-corrected chi connectivity index (χ2v) is 5.91. The van der Waals surface area contributed by atoms with Gasteiger partial charge in [0.2, 0.25) is 0 Å². The molecule has 0 fully saturated rings. The number of nitrogens with one attached hydrogen (secondary N) is 2. The molecule has 0 bridgehead atoms. The molecule has 0 atom stereocenters. The van der Waals surface area contributed by atoms with Gasteiger partial charge in [-0.15, -0.1) is 0 Å². The Morgan fingerprint density at radius 3 is 2.45 bits per heavy atom. The third-order valence-corrected chi connectivity index (χ3v) is 3.78. The number of rotatable bonds is 6. The molecule has 0 radical (unpaired) electrons. The van der Waals surface area contributed by atoms with E-state index in [1.165, 1.54) is 5.69 Å². The monoisotopic (exact) mass is 361 g/mol. The van der Waals surface area contributed by atoms with Crippen LogP contribution in [-0.4, -0.2) is 26.2 Å². The van der Waals surface area contributed by atoms with Gasteiger partial charge in [-0.05, 0) is 42.8 Å². The van der Waals surface area contributed by atoms with Gasteiger partial charge in [-0.1, -0.05) is 34.1 Å². The zero-order valence-corrected chi connectivity index (χ0v) is 14.1. The summed E-state index contributed by atoms with van der Waals surface area (Å²) < 4.78 is 0.988. The molecule has 2 amide bonds. The number of para-hydroxylation sites is 1. The van der Waals surface area contributed by atoms with Crippen LogP contribution in [0.25, 0.3) is 0 Å². The van der Waals surface area contributed by atoms with Gasteiger partial charge in [-0.3, -0.25) is 0 Å². The maximum atomic E-state index is 11.8. The number of amides is 2. The molecule has 2 aromatic carbocycles. The van der Waals surface area contributed by atoms with Crippen molar-refractivity contribution in [2.75, 3.05) is 30.4 Å². The fraction of sp³-hybridized carbons (Fsp3) is 0.235. The molecule has 0 saturated carbocycles. The zero-order valence-electron chi connectivity index (χ0n) is 12.6. The largest absolute Gasteiger partial charge is 0.375 e. The van der Waals surface area contributed by atoms with E-state index in [-0.39, 0.29) is 6.03 Å². The van der Waals surface area contributed by atoms with E-state index in [2.05, 4.69) is 50.6 Å². The van der Waals surface area contributed by atoms with E-state index in [0.717, 1.165) is 23.1 Å². The number of urea groups is 1. The molecule has 22 heavy (non-hydrogen) atoms. The molecule has 5 heteroatoms. The third kappa shape index (κ3) is 5.41. The van der Waals surface area contributed by atoms with Gasteiger partial charge in [-0.2, -0.15) is 0 Å². The van der Waals surface area contributed by atoms with Crippen LogP contribution in [0, 0.1) is 0 Å². The Bertz CT molecular complexity index is 587. The lowest BCUT2D eigenvalue weighted by Crippen LogP contribution is -2.31. The van der Waals surface area contributed by atoms with Gasteiger partial charge in [0.25, 0.3) is 0 Å².